The van der Waals surface area contributed by atoms with Crippen molar-refractivity contribution < 1.29 is 13.0 Å². The van der Waals surface area contributed by atoms with E-state index in [2.05, 4.69) is 13.0 Å². The highest BCUT2D eigenvalue weighted by Gasteiger charge is 2.04. The molecule has 3 nitrogen and oxygen atoms in total. The summed E-state index contributed by atoms with van der Waals surface area (Å²) in [5.74, 6) is -0.129. The van der Waals surface area contributed by atoms with Gasteiger partial charge in [-0.1, -0.05) is 0 Å². The molecule has 1 heterocycles. The van der Waals surface area contributed by atoms with Crippen LogP contribution >= 0.6 is 11.3 Å². The van der Waals surface area contributed by atoms with Crippen molar-refractivity contribution in [1.82, 2.24) is 0 Å². The van der Waals surface area contributed by atoms with Crippen molar-refractivity contribution in [3.63, 3.8) is 0 Å². The first-order chi connectivity index (χ1) is 6.49. The molecule has 0 spiro atoms. The molecule has 0 unspecified atom stereocenters. The predicted molar refractivity (Wildman–Crippen MR) is 58.4 cm³/mol. The van der Waals surface area contributed by atoms with Crippen molar-refractivity contribution in [2.24, 2.45) is 0 Å². The minimum absolute atomic E-state index is 0.129. The lowest BCUT2D eigenvalue weighted by molar-refractivity contribution is 0.480. The monoisotopic (exact) mass is 234 g/mol. The number of aryl methyl sites for hydroxylation is 2. The van der Waals surface area contributed by atoms with Gasteiger partial charge in [0.2, 0.25) is 0 Å². The molecule has 0 atom stereocenters. The van der Waals surface area contributed by atoms with Crippen molar-refractivity contribution in [2.75, 3.05) is 5.75 Å². The summed E-state index contributed by atoms with van der Waals surface area (Å²) in [7, 11) is -3.77. The Morgan fingerprint density at radius 2 is 2.14 bits per heavy atom. The second kappa shape index (κ2) is 4.91. The summed E-state index contributed by atoms with van der Waals surface area (Å²) in [6.45, 7) is 2.06. The molecule has 80 valence electrons. The fraction of sp³-hybridized carbons (Fsp3) is 0.556. The molecule has 14 heavy (non-hydrogen) atoms. The SMILES string of the molecule is Cc1sccc1CCCCS(=O)(=O)O. The van der Waals surface area contributed by atoms with E-state index < -0.39 is 10.1 Å². The zero-order chi connectivity index (χ0) is 10.6. The summed E-state index contributed by atoms with van der Waals surface area (Å²) in [4.78, 5) is 1.29. The van der Waals surface area contributed by atoms with Gasteiger partial charge in [0.1, 0.15) is 0 Å². The van der Waals surface area contributed by atoms with Gasteiger partial charge in [-0.15, -0.1) is 11.3 Å². The number of rotatable bonds is 5. The van der Waals surface area contributed by atoms with E-state index >= 15 is 0 Å². The molecule has 0 saturated heterocycles. The van der Waals surface area contributed by atoms with Gasteiger partial charge >= 0.3 is 0 Å². The molecule has 0 aliphatic carbocycles. The van der Waals surface area contributed by atoms with Crippen LogP contribution in [-0.2, 0) is 16.5 Å². The summed E-state index contributed by atoms with van der Waals surface area (Å²) in [5, 5.41) is 2.04. The summed E-state index contributed by atoms with van der Waals surface area (Å²) >= 11 is 1.70. The topological polar surface area (TPSA) is 54.4 Å². The molecule has 0 aliphatic rings. The Bertz CT molecular complexity index is 379. The Labute approximate surface area is 88.5 Å². The van der Waals surface area contributed by atoms with Gasteiger partial charge in [0.05, 0.1) is 5.75 Å². The van der Waals surface area contributed by atoms with Gasteiger partial charge < -0.3 is 0 Å². The minimum atomic E-state index is -3.77. The van der Waals surface area contributed by atoms with E-state index in [0.717, 1.165) is 12.8 Å². The third-order valence-electron chi connectivity index (χ3n) is 2.06. The highest BCUT2D eigenvalue weighted by molar-refractivity contribution is 7.85. The number of hydrogen-bond acceptors (Lipinski definition) is 3. The van der Waals surface area contributed by atoms with E-state index in [4.69, 9.17) is 4.55 Å². The largest absolute Gasteiger partial charge is 0.286 e. The fourth-order valence-electron chi connectivity index (χ4n) is 1.27. The molecule has 0 radical (unpaired) electrons. The highest BCUT2D eigenvalue weighted by atomic mass is 32.2. The van der Waals surface area contributed by atoms with E-state index in [0.29, 0.717) is 6.42 Å². The number of hydrogen-bond donors (Lipinski definition) is 1. The van der Waals surface area contributed by atoms with Crippen LogP contribution in [0.25, 0.3) is 0 Å². The van der Waals surface area contributed by atoms with Crippen LogP contribution in [0.15, 0.2) is 11.4 Å². The second-order valence-electron chi connectivity index (χ2n) is 3.25. The first-order valence-corrected chi connectivity index (χ1v) is 6.96. The summed E-state index contributed by atoms with van der Waals surface area (Å²) in [6.07, 6.45) is 2.22. The minimum Gasteiger partial charge on any atom is -0.286 e. The van der Waals surface area contributed by atoms with E-state index in [1.165, 1.54) is 10.4 Å². The molecule has 5 heteroatoms. The van der Waals surface area contributed by atoms with Gasteiger partial charge in [-0.25, -0.2) is 0 Å². The smallest absolute Gasteiger partial charge is 0.264 e. The lowest BCUT2D eigenvalue weighted by Crippen LogP contribution is -2.03. The van der Waals surface area contributed by atoms with Crippen molar-refractivity contribution in [2.45, 2.75) is 26.2 Å². The molecule has 0 fully saturated rings. The lowest BCUT2D eigenvalue weighted by atomic mass is 10.1. The Balaban J connectivity index is 2.26. The molecule has 0 aromatic carbocycles. The molecular weight excluding hydrogens is 220 g/mol. The molecule has 1 N–H and O–H groups in total. The third kappa shape index (κ3) is 4.21. The molecule has 0 aliphatic heterocycles. The van der Waals surface area contributed by atoms with Crippen LogP contribution in [0.4, 0.5) is 0 Å². The van der Waals surface area contributed by atoms with Crippen molar-refractivity contribution in [1.29, 1.82) is 0 Å². The zero-order valence-corrected chi connectivity index (χ0v) is 9.70. The molecular formula is C9H14O3S2. The molecule has 0 saturated carbocycles. The maximum atomic E-state index is 10.4. The van der Waals surface area contributed by atoms with Crippen molar-refractivity contribution >= 4 is 21.5 Å². The van der Waals surface area contributed by atoms with E-state index in [1.807, 2.05) is 5.38 Å². The van der Waals surface area contributed by atoms with Crippen LogP contribution in [0.1, 0.15) is 23.3 Å². The van der Waals surface area contributed by atoms with E-state index in [9.17, 15) is 8.42 Å². The van der Waals surface area contributed by atoms with Crippen LogP contribution in [-0.4, -0.2) is 18.7 Å². The molecule has 1 aromatic heterocycles. The van der Waals surface area contributed by atoms with Gasteiger partial charge in [0.15, 0.2) is 0 Å². The Kier molecular flexibility index (Phi) is 4.10. The molecule has 1 rings (SSSR count). The Morgan fingerprint density at radius 3 is 2.64 bits per heavy atom. The third-order valence-corrected chi connectivity index (χ3v) is 3.76. The fourth-order valence-corrected chi connectivity index (χ4v) is 2.60. The average molecular weight is 234 g/mol. The quantitative estimate of drug-likeness (QED) is 0.628. The maximum Gasteiger partial charge on any atom is 0.264 e. The van der Waals surface area contributed by atoms with Crippen LogP contribution < -0.4 is 0 Å². The zero-order valence-electron chi connectivity index (χ0n) is 8.06. The van der Waals surface area contributed by atoms with Crippen LogP contribution in [0.3, 0.4) is 0 Å². The number of unbranched alkanes of at least 4 members (excludes halogenated alkanes) is 1. The second-order valence-corrected chi connectivity index (χ2v) is 5.94. The van der Waals surface area contributed by atoms with Crippen LogP contribution in [0.2, 0.25) is 0 Å². The van der Waals surface area contributed by atoms with Crippen molar-refractivity contribution in [3.8, 4) is 0 Å². The van der Waals surface area contributed by atoms with Crippen molar-refractivity contribution in [3.05, 3.63) is 21.9 Å². The number of thiophene rings is 1. The van der Waals surface area contributed by atoms with Gasteiger partial charge in [-0.2, -0.15) is 8.42 Å². The maximum absolute atomic E-state index is 10.4. The van der Waals surface area contributed by atoms with E-state index in [-0.39, 0.29) is 5.75 Å². The summed E-state index contributed by atoms with van der Waals surface area (Å²) < 4.78 is 29.3. The Hall–Kier alpha value is -0.390. The van der Waals surface area contributed by atoms with Gasteiger partial charge in [0.25, 0.3) is 10.1 Å². The van der Waals surface area contributed by atoms with Crippen LogP contribution in [0, 0.1) is 6.92 Å². The Morgan fingerprint density at radius 1 is 1.43 bits per heavy atom. The van der Waals surface area contributed by atoms with Crippen LogP contribution in [0.5, 0.6) is 0 Å². The summed E-state index contributed by atoms with van der Waals surface area (Å²) in [5.41, 5.74) is 1.28. The van der Waals surface area contributed by atoms with Gasteiger partial charge in [-0.05, 0) is 43.2 Å². The van der Waals surface area contributed by atoms with Gasteiger partial charge in [0, 0.05) is 4.88 Å². The normalized spacial score (nSPS) is 11.9. The highest BCUT2D eigenvalue weighted by Crippen LogP contribution is 2.17. The molecule has 0 amide bonds. The van der Waals surface area contributed by atoms with E-state index in [1.54, 1.807) is 11.3 Å². The standard InChI is InChI=1S/C9H14O3S2/c1-8-9(5-6-13-8)4-2-3-7-14(10,11)12/h5-6H,2-4,7H2,1H3,(H,10,11,12). The summed E-state index contributed by atoms with van der Waals surface area (Å²) in [6, 6.07) is 2.06. The first-order valence-electron chi connectivity index (χ1n) is 4.47. The first kappa shape index (κ1) is 11.7. The average Bonchev–Trinajstić information content (AvgIpc) is 2.44. The lowest BCUT2D eigenvalue weighted by Gasteiger charge is -1.99. The molecule has 1 aromatic rings. The molecule has 0 bridgehead atoms. The predicted octanol–water partition coefficient (Wildman–Crippen LogP) is 2.27. The van der Waals surface area contributed by atoms with Gasteiger partial charge in [-0.3, -0.25) is 4.55 Å².